The van der Waals surface area contributed by atoms with Crippen molar-refractivity contribution >= 4 is 23.6 Å². The van der Waals surface area contributed by atoms with E-state index in [-0.39, 0.29) is 17.9 Å². The molecule has 0 radical (unpaired) electrons. The molecular formula is C23H27NO5S. The van der Waals surface area contributed by atoms with Gasteiger partial charge in [0, 0.05) is 23.3 Å². The van der Waals surface area contributed by atoms with Crippen molar-refractivity contribution < 1.29 is 23.8 Å². The summed E-state index contributed by atoms with van der Waals surface area (Å²) in [6, 6.07) is 12.5. The first-order valence-electron chi connectivity index (χ1n) is 9.95. The van der Waals surface area contributed by atoms with Gasteiger partial charge in [-0.15, -0.1) is 0 Å². The molecule has 0 aliphatic carbocycles. The van der Waals surface area contributed by atoms with Gasteiger partial charge in [0.1, 0.15) is 0 Å². The average molecular weight is 430 g/mol. The first-order valence-corrected chi connectivity index (χ1v) is 11.1. The number of rotatable bonds is 7. The van der Waals surface area contributed by atoms with E-state index in [1.165, 1.54) is 7.11 Å². The number of carbonyl (C=O) groups is 2. The summed E-state index contributed by atoms with van der Waals surface area (Å²) >= 11 is 1.88. The van der Waals surface area contributed by atoms with Crippen LogP contribution in [0.3, 0.4) is 0 Å². The van der Waals surface area contributed by atoms with Gasteiger partial charge in [-0.05, 0) is 55.0 Å². The van der Waals surface area contributed by atoms with E-state index < -0.39 is 5.97 Å². The SMILES string of the molecule is CCOc1cc([C@H]2CSCC[C@H]2NC(=O)c2cccc(C(=O)OC)c2)ccc1OC. The molecule has 7 heteroatoms. The predicted octanol–water partition coefficient (Wildman–Crippen LogP) is 3.90. The molecule has 0 spiro atoms. The lowest BCUT2D eigenvalue weighted by Gasteiger charge is -2.32. The summed E-state index contributed by atoms with van der Waals surface area (Å²) in [5, 5.41) is 3.17. The van der Waals surface area contributed by atoms with Crippen LogP contribution >= 0.6 is 11.8 Å². The molecular weight excluding hydrogens is 402 g/mol. The number of methoxy groups -OCH3 is 2. The van der Waals surface area contributed by atoms with E-state index in [0.29, 0.717) is 29.2 Å². The minimum atomic E-state index is -0.460. The summed E-state index contributed by atoms with van der Waals surface area (Å²) in [6.45, 7) is 2.49. The molecule has 0 aromatic heterocycles. The van der Waals surface area contributed by atoms with Crippen molar-refractivity contribution in [3.05, 3.63) is 59.2 Å². The molecule has 1 aliphatic heterocycles. The highest BCUT2D eigenvalue weighted by molar-refractivity contribution is 7.99. The number of nitrogens with one attached hydrogen (secondary N) is 1. The van der Waals surface area contributed by atoms with Gasteiger partial charge in [0.05, 0.1) is 26.4 Å². The van der Waals surface area contributed by atoms with E-state index in [9.17, 15) is 9.59 Å². The first kappa shape index (κ1) is 22.0. The lowest BCUT2D eigenvalue weighted by Crippen LogP contribution is -2.42. The van der Waals surface area contributed by atoms with Crippen LogP contribution in [0.5, 0.6) is 11.5 Å². The fourth-order valence-corrected chi connectivity index (χ4v) is 4.85. The molecule has 1 amide bonds. The zero-order valence-corrected chi connectivity index (χ0v) is 18.3. The maximum absolute atomic E-state index is 12.9. The maximum atomic E-state index is 12.9. The standard InChI is InChI=1S/C23H27NO5S/c1-4-29-21-13-15(8-9-20(21)27-2)18-14-30-11-10-19(18)24-22(25)16-6-5-7-17(12-16)23(26)28-3/h5-9,12-13,18-19H,4,10-11,14H2,1-3H3,(H,24,25)/t18-,19-/m1/s1. The number of hydrogen-bond donors (Lipinski definition) is 1. The summed E-state index contributed by atoms with van der Waals surface area (Å²) < 4.78 is 15.9. The molecule has 2 aromatic rings. The van der Waals surface area contributed by atoms with Crippen LogP contribution in [0.4, 0.5) is 0 Å². The Morgan fingerprint density at radius 1 is 1.10 bits per heavy atom. The van der Waals surface area contributed by atoms with Crippen LogP contribution in [-0.2, 0) is 4.74 Å². The summed E-state index contributed by atoms with van der Waals surface area (Å²) in [6.07, 6.45) is 0.869. The first-order chi connectivity index (χ1) is 14.6. The zero-order valence-electron chi connectivity index (χ0n) is 17.5. The molecule has 0 unspecified atom stereocenters. The molecule has 2 aromatic carbocycles. The smallest absolute Gasteiger partial charge is 0.337 e. The van der Waals surface area contributed by atoms with Crippen LogP contribution in [0, 0.1) is 0 Å². The molecule has 0 bridgehead atoms. The molecule has 1 aliphatic rings. The van der Waals surface area contributed by atoms with Crippen LogP contribution < -0.4 is 14.8 Å². The van der Waals surface area contributed by atoms with E-state index in [2.05, 4.69) is 5.32 Å². The van der Waals surface area contributed by atoms with E-state index in [0.717, 1.165) is 23.5 Å². The lowest BCUT2D eigenvalue weighted by atomic mass is 9.90. The Hall–Kier alpha value is -2.67. The molecule has 1 fully saturated rings. The van der Waals surface area contributed by atoms with E-state index in [1.807, 2.05) is 36.9 Å². The van der Waals surface area contributed by atoms with E-state index in [4.69, 9.17) is 14.2 Å². The second-order valence-electron chi connectivity index (χ2n) is 6.97. The third kappa shape index (κ3) is 5.08. The van der Waals surface area contributed by atoms with Gasteiger partial charge >= 0.3 is 5.97 Å². The fourth-order valence-electron chi connectivity index (χ4n) is 3.59. The molecule has 2 atom stereocenters. The molecule has 6 nitrogen and oxygen atoms in total. The van der Waals surface area contributed by atoms with Crippen LogP contribution in [0.15, 0.2) is 42.5 Å². The summed E-state index contributed by atoms with van der Waals surface area (Å²) in [5.41, 5.74) is 1.91. The van der Waals surface area contributed by atoms with Crippen LogP contribution in [-0.4, -0.2) is 50.3 Å². The second-order valence-corrected chi connectivity index (χ2v) is 8.12. The highest BCUT2D eigenvalue weighted by Gasteiger charge is 2.29. The largest absolute Gasteiger partial charge is 0.493 e. The Morgan fingerprint density at radius 2 is 1.90 bits per heavy atom. The van der Waals surface area contributed by atoms with Crippen molar-refractivity contribution in [2.24, 2.45) is 0 Å². The number of carbonyl (C=O) groups excluding carboxylic acids is 2. The van der Waals surface area contributed by atoms with Crippen molar-refractivity contribution in [2.75, 3.05) is 32.3 Å². The van der Waals surface area contributed by atoms with Gasteiger partial charge in [0.2, 0.25) is 0 Å². The monoisotopic (exact) mass is 429 g/mol. The van der Waals surface area contributed by atoms with Crippen molar-refractivity contribution in [3.8, 4) is 11.5 Å². The van der Waals surface area contributed by atoms with Gasteiger partial charge in [-0.2, -0.15) is 11.8 Å². The molecule has 30 heavy (non-hydrogen) atoms. The van der Waals surface area contributed by atoms with Crippen LogP contribution in [0.2, 0.25) is 0 Å². The number of ether oxygens (including phenoxy) is 3. The van der Waals surface area contributed by atoms with Gasteiger partial charge < -0.3 is 19.5 Å². The number of thioether (sulfide) groups is 1. The Morgan fingerprint density at radius 3 is 2.63 bits per heavy atom. The van der Waals surface area contributed by atoms with Crippen LogP contribution in [0.25, 0.3) is 0 Å². The molecule has 1 saturated heterocycles. The molecule has 0 saturated carbocycles. The van der Waals surface area contributed by atoms with Crippen molar-refractivity contribution in [1.82, 2.24) is 5.32 Å². The lowest BCUT2D eigenvalue weighted by molar-refractivity contribution is 0.0600. The van der Waals surface area contributed by atoms with E-state index in [1.54, 1.807) is 31.4 Å². The summed E-state index contributed by atoms with van der Waals surface area (Å²) in [4.78, 5) is 24.7. The minimum Gasteiger partial charge on any atom is -0.493 e. The maximum Gasteiger partial charge on any atom is 0.337 e. The number of esters is 1. The van der Waals surface area contributed by atoms with Crippen LogP contribution in [0.1, 0.15) is 45.5 Å². The summed E-state index contributed by atoms with van der Waals surface area (Å²) in [5.74, 6) is 2.80. The quantitative estimate of drug-likeness (QED) is 0.673. The number of benzene rings is 2. The van der Waals surface area contributed by atoms with Gasteiger partial charge in [-0.1, -0.05) is 12.1 Å². The highest BCUT2D eigenvalue weighted by atomic mass is 32.2. The normalized spacial score (nSPS) is 18.4. The Labute approximate surface area is 181 Å². The van der Waals surface area contributed by atoms with Gasteiger partial charge in [-0.25, -0.2) is 4.79 Å². The Kier molecular flexibility index (Phi) is 7.63. The number of amides is 1. The predicted molar refractivity (Wildman–Crippen MR) is 118 cm³/mol. The van der Waals surface area contributed by atoms with Crippen molar-refractivity contribution in [2.45, 2.75) is 25.3 Å². The molecule has 160 valence electrons. The van der Waals surface area contributed by atoms with Gasteiger partial charge in [-0.3, -0.25) is 4.79 Å². The average Bonchev–Trinajstić information content (AvgIpc) is 2.79. The fraction of sp³-hybridized carbons (Fsp3) is 0.391. The van der Waals surface area contributed by atoms with Crippen molar-refractivity contribution in [1.29, 1.82) is 0 Å². The van der Waals surface area contributed by atoms with Gasteiger partial charge in [0.25, 0.3) is 5.91 Å². The topological polar surface area (TPSA) is 73.9 Å². The third-order valence-corrected chi connectivity index (χ3v) is 6.25. The zero-order chi connectivity index (χ0) is 21.5. The minimum absolute atomic E-state index is 0.0107. The third-order valence-electron chi connectivity index (χ3n) is 5.13. The summed E-state index contributed by atoms with van der Waals surface area (Å²) in [7, 11) is 2.95. The highest BCUT2D eigenvalue weighted by Crippen LogP contribution is 2.36. The molecule has 3 rings (SSSR count). The second kappa shape index (κ2) is 10.4. The molecule has 1 heterocycles. The van der Waals surface area contributed by atoms with Crippen molar-refractivity contribution in [3.63, 3.8) is 0 Å². The van der Waals surface area contributed by atoms with E-state index >= 15 is 0 Å². The Balaban J connectivity index is 1.80. The molecule has 1 N–H and O–H groups in total. The van der Waals surface area contributed by atoms with Gasteiger partial charge in [0.15, 0.2) is 11.5 Å². The Bertz CT molecular complexity index is 901. The number of hydrogen-bond acceptors (Lipinski definition) is 6.